The van der Waals surface area contributed by atoms with E-state index in [2.05, 4.69) is 30.9 Å². The summed E-state index contributed by atoms with van der Waals surface area (Å²) in [6.45, 7) is 0.359. The lowest BCUT2D eigenvalue weighted by molar-refractivity contribution is -0.383. The third kappa shape index (κ3) is 2.11. The molecule has 100 valence electrons. The number of nitro benzene ring substituents is 1. The van der Waals surface area contributed by atoms with Gasteiger partial charge in [0.1, 0.15) is 0 Å². The number of anilines is 1. The van der Waals surface area contributed by atoms with Crippen molar-refractivity contribution in [3.05, 3.63) is 46.5 Å². The fourth-order valence-electron chi connectivity index (χ4n) is 1.92. The van der Waals surface area contributed by atoms with Crippen LogP contribution in [0, 0.1) is 10.1 Å². The van der Waals surface area contributed by atoms with E-state index < -0.39 is 4.92 Å². The second-order valence-electron chi connectivity index (χ2n) is 3.99. The predicted octanol–water partition coefficient (Wildman–Crippen LogP) is 1.27. The summed E-state index contributed by atoms with van der Waals surface area (Å²) in [5.74, 6) is 0.500. The van der Waals surface area contributed by atoms with Gasteiger partial charge < -0.3 is 5.32 Å². The number of hydrogen-bond acceptors (Lipinski definition) is 7. The first-order valence-electron chi connectivity index (χ1n) is 5.73. The molecule has 0 spiro atoms. The van der Waals surface area contributed by atoms with E-state index in [-0.39, 0.29) is 5.69 Å². The maximum absolute atomic E-state index is 11.0. The van der Waals surface area contributed by atoms with Gasteiger partial charge in [0.2, 0.25) is 0 Å². The number of H-pyrrole nitrogens is 1. The molecule has 2 heterocycles. The number of rotatable bonds is 4. The highest BCUT2D eigenvalue weighted by molar-refractivity contribution is 5.99. The molecule has 0 radical (unpaired) electrons. The zero-order valence-electron chi connectivity index (χ0n) is 10.1. The zero-order valence-corrected chi connectivity index (χ0v) is 10.1. The SMILES string of the molecule is O=[N+]([O-])c1ccc(NCc2nn[nH]n2)c2cnccc12. The summed E-state index contributed by atoms with van der Waals surface area (Å²) < 4.78 is 0. The van der Waals surface area contributed by atoms with Crippen LogP contribution in [0.15, 0.2) is 30.6 Å². The Balaban J connectivity index is 1.99. The molecular formula is C11H9N7O2. The van der Waals surface area contributed by atoms with Crippen LogP contribution in [-0.2, 0) is 6.54 Å². The number of non-ortho nitro benzene ring substituents is 1. The van der Waals surface area contributed by atoms with Crippen molar-refractivity contribution in [3.63, 3.8) is 0 Å². The van der Waals surface area contributed by atoms with E-state index >= 15 is 0 Å². The molecule has 0 aliphatic carbocycles. The van der Waals surface area contributed by atoms with E-state index in [9.17, 15) is 10.1 Å². The van der Waals surface area contributed by atoms with Crippen LogP contribution in [0.4, 0.5) is 11.4 Å². The molecule has 0 bridgehead atoms. The van der Waals surface area contributed by atoms with Gasteiger partial charge in [-0.2, -0.15) is 5.21 Å². The summed E-state index contributed by atoms with van der Waals surface area (Å²) in [5, 5.41) is 28.8. The molecule has 0 aliphatic heterocycles. The number of nitro groups is 1. The van der Waals surface area contributed by atoms with Crippen molar-refractivity contribution in [2.75, 3.05) is 5.32 Å². The van der Waals surface area contributed by atoms with Gasteiger partial charge in [0, 0.05) is 29.5 Å². The second kappa shape index (κ2) is 4.88. The summed E-state index contributed by atoms with van der Waals surface area (Å²) in [5.41, 5.74) is 0.774. The van der Waals surface area contributed by atoms with Crippen molar-refractivity contribution < 1.29 is 4.92 Å². The zero-order chi connectivity index (χ0) is 13.9. The number of nitrogens with one attached hydrogen (secondary N) is 2. The molecule has 0 fully saturated rings. The van der Waals surface area contributed by atoms with Gasteiger partial charge in [-0.3, -0.25) is 15.1 Å². The van der Waals surface area contributed by atoms with Crippen LogP contribution < -0.4 is 5.32 Å². The van der Waals surface area contributed by atoms with Crippen LogP contribution in [0.25, 0.3) is 10.8 Å². The molecular weight excluding hydrogens is 262 g/mol. The van der Waals surface area contributed by atoms with Crippen LogP contribution in [0.5, 0.6) is 0 Å². The van der Waals surface area contributed by atoms with Crippen molar-refractivity contribution in [1.29, 1.82) is 0 Å². The highest BCUT2D eigenvalue weighted by atomic mass is 16.6. The summed E-state index contributed by atoms with van der Waals surface area (Å²) in [7, 11) is 0. The highest BCUT2D eigenvalue weighted by Crippen LogP contribution is 2.30. The fraction of sp³-hybridized carbons (Fsp3) is 0.0909. The van der Waals surface area contributed by atoms with Crippen molar-refractivity contribution in [2.24, 2.45) is 0 Å². The average molecular weight is 271 g/mol. The Hall–Kier alpha value is -3.10. The number of fused-ring (bicyclic) bond motifs is 1. The van der Waals surface area contributed by atoms with Crippen LogP contribution in [-0.4, -0.2) is 30.5 Å². The fourth-order valence-corrected chi connectivity index (χ4v) is 1.92. The van der Waals surface area contributed by atoms with Gasteiger partial charge in [0.05, 0.1) is 16.9 Å². The topological polar surface area (TPSA) is 123 Å². The molecule has 0 aliphatic rings. The number of aromatic nitrogens is 5. The van der Waals surface area contributed by atoms with Crippen LogP contribution >= 0.6 is 0 Å². The first-order chi connectivity index (χ1) is 9.75. The summed E-state index contributed by atoms with van der Waals surface area (Å²) >= 11 is 0. The number of hydrogen-bond donors (Lipinski definition) is 2. The Morgan fingerprint density at radius 2 is 2.20 bits per heavy atom. The van der Waals surface area contributed by atoms with Crippen LogP contribution in [0.2, 0.25) is 0 Å². The Labute approximate surface area is 112 Å². The van der Waals surface area contributed by atoms with Gasteiger partial charge in [0.15, 0.2) is 5.82 Å². The molecule has 9 nitrogen and oxygen atoms in total. The average Bonchev–Trinajstić information content (AvgIpc) is 2.97. The van der Waals surface area contributed by atoms with E-state index in [0.29, 0.717) is 23.1 Å². The van der Waals surface area contributed by atoms with Gasteiger partial charge in [-0.15, -0.1) is 10.2 Å². The Morgan fingerprint density at radius 3 is 2.95 bits per heavy atom. The molecule has 20 heavy (non-hydrogen) atoms. The van der Waals surface area contributed by atoms with Gasteiger partial charge >= 0.3 is 0 Å². The van der Waals surface area contributed by atoms with E-state index in [4.69, 9.17) is 0 Å². The maximum Gasteiger partial charge on any atom is 0.277 e. The van der Waals surface area contributed by atoms with E-state index in [1.165, 1.54) is 12.3 Å². The molecule has 2 N–H and O–H groups in total. The molecule has 0 unspecified atom stereocenters. The molecule has 3 aromatic rings. The normalized spacial score (nSPS) is 10.6. The standard InChI is InChI=1S/C11H9N7O2/c19-18(20)10-2-1-9(8-5-12-4-3-7(8)10)13-6-11-14-16-17-15-11/h1-5,13H,6H2,(H,14,15,16,17). The minimum Gasteiger partial charge on any atom is -0.377 e. The number of benzene rings is 1. The number of aromatic amines is 1. The van der Waals surface area contributed by atoms with Crippen molar-refractivity contribution in [3.8, 4) is 0 Å². The van der Waals surface area contributed by atoms with Crippen molar-refractivity contribution >= 4 is 22.1 Å². The van der Waals surface area contributed by atoms with E-state index in [0.717, 1.165) is 5.69 Å². The first kappa shape index (κ1) is 12.0. The molecule has 0 amide bonds. The quantitative estimate of drug-likeness (QED) is 0.541. The summed E-state index contributed by atoms with van der Waals surface area (Å²) in [6, 6.07) is 4.72. The maximum atomic E-state index is 11.0. The summed E-state index contributed by atoms with van der Waals surface area (Å²) in [4.78, 5) is 14.6. The lowest BCUT2D eigenvalue weighted by Crippen LogP contribution is -2.02. The Morgan fingerprint density at radius 1 is 1.30 bits per heavy atom. The largest absolute Gasteiger partial charge is 0.377 e. The number of tetrazole rings is 1. The highest BCUT2D eigenvalue weighted by Gasteiger charge is 2.14. The predicted molar refractivity (Wildman–Crippen MR) is 69.9 cm³/mol. The third-order valence-corrected chi connectivity index (χ3v) is 2.82. The van der Waals surface area contributed by atoms with Crippen LogP contribution in [0.1, 0.15) is 5.82 Å². The molecule has 0 saturated carbocycles. The lowest BCUT2D eigenvalue weighted by atomic mass is 10.1. The lowest BCUT2D eigenvalue weighted by Gasteiger charge is -2.07. The molecule has 0 saturated heterocycles. The minimum absolute atomic E-state index is 0.0486. The van der Waals surface area contributed by atoms with E-state index in [1.807, 2.05) is 0 Å². The van der Waals surface area contributed by atoms with Gasteiger partial charge in [-0.05, 0) is 12.1 Å². The van der Waals surface area contributed by atoms with Gasteiger partial charge in [0.25, 0.3) is 5.69 Å². The number of nitrogens with zero attached hydrogens (tertiary/aromatic N) is 5. The molecule has 9 heteroatoms. The summed E-state index contributed by atoms with van der Waals surface area (Å²) in [6.07, 6.45) is 3.11. The van der Waals surface area contributed by atoms with Crippen LogP contribution in [0.3, 0.4) is 0 Å². The first-order valence-corrected chi connectivity index (χ1v) is 5.73. The molecule has 0 atom stereocenters. The van der Waals surface area contributed by atoms with E-state index in [1.54, 1.807) is 18.3 Å². The Bertz CT molecular complexity index is 757. The van der Waals surface area contributed by atoms with Crippen molar-refractivity contribution in [1.82, 2.24) is 25.6 Å². The molecule has 1 aromatic carbocycles. The Kier molecular flexibility index (Phi) is 2.92. The van der Waals surface area contributed by atoms with Gasteiger partial charge in [-0.25, -0.2) is 0 Å². The van der Waals surface area contributed by atoms with Gasteiger partial charge in [-0.1, -0.05) is 5.21 Å². The number of pyridine rings is 1. The molecule has 3 rings (SSSR count). The monoisotopic (exact) mass is 271 g/mol. The minimum atomic E-state index is -0.411. The smallest absolute Gasteiger partial charge is 0.277 e. The second-order valence-corrected chi connectivity index (χ2v) is 3.99. The molecule has 2 aromatic heterocycles. The third-order valence-electron chi connectivity index (χ3n) is 2.82. The van der Waals surface area contributed by atoms with Crippen molar-refractivity contribution in [2.45, 2.75) is 6.54 Å².